The monoisotopic (exact) mass is 279 g/mol. The van der Waals surface area contributed by atoms with Crippen LogP contribution in [-0.4, -0.2) is 13.0 Å². The minimum atomic E-state index is -0.171. The highest BCUT2D eigenvalue weighted by Crippen LogP contribution is 2.30. The second-order valence-electron chi connectivity index (χ2n) is 4.11. The zero-order chi connectivity index (χ0) is 13.8. The molecule has 1 heterocycles. The summed E-state index contributed by atoms with van der Waals surface area (Å²) in [6.07, 6.45) is 1.72. The maximum Gasteiger partial charge on any atom is 0.232 e. The number of furan rings is 1. The number of hydrogen-bond donors (Lipinski definition) is 1. The number of ether oxygens (including phenoxy) is 1. The number of anilines is 1. The average Bonchev–Trinajstić information content (AvgIpc) is 2.86. The lowest BCUT2D eigenvalue weighted by molar-refractivity contribution is -0.115. The van der Waals surface area contributed by atoms with E-state index in [0.29, 0.717) is 22.2 Å². The van der Waals surface area contributed by atoms with E-state index in [0.717, 1.165) is 5.56 Å². The van der Waals surface area contributed by atoms with Crippen LogP contribution in [0, 0.1) is 6.92 Å². The van der Waals surface area contributed by atoms with Crippen molar-refractivity contribution in [3.05, 3.63) is 46.9 Å². The predicted molar refractivity (Wildman–Crippen MR) is 73.8 cm³/mol. The Morgan fingerprint density at radius 2 is 2.26 bits per heavy atom. The molecule has 2 rings (SSSR count). The molecule has 0 bridgehead atoms. The van der Waals surface area contributed by atoms with Crippen LogP contribution in [0.4, 0.5) is 5.69 Å². The summed E-state index contributed by atoms with van der Waals surface area (Å²) in [4.78, 5) is 11.9. The normalized spacial score (nSPS) is 10.3. The Morgan fingerprint density at radius 3 is 2.89 bits per heavy atom. The van der Waals surface area contributed by atoms with E-state index in [1.54, 1.807) is 24.3 Å². The van der Waals surface area contributed by atoms with Gasteiger partial charge in [-0.15, -0.1) is 0 Å². The molecule has 0 spiro atoms. The Morgan fingerprint density at radius 1 is 1.47 bits per heavy atom. The van der Waals surface area contributed by atoms with Gasteiger partial charge >= 0.3 is 0 Å². The van der Waals surface area contributed by atoms with Gasteiger partial charge in [0.05, 0.1) is 25.5 Å². The largest absolute Gasteiger partial charge is 0.495 e. The van der Waals surface area contributed by atoms with Crippen molar-refractivity contribution in [2.75, 3.05) is 12.4 Å². The fraction of sp³-hybridized carbons (Fsp3) is 0.214. The number of benzene rings is 1. The van der Waals surface area contributed by atoms with Gasteiger partial charge in [0.1, 0.15) is 11.5 Å². The van der Waals surface area contributed by atoms with Crippen molar-refractivity contribution < 1.29 is 13.9 Å². The molecule has 2 aromatic rings. The Labute approximate surface area is 116 Å². The second-order valence-corrected chi connectivity index (χ2v) is 4.51. The molecule has 19 heavy (non-hydrogen) atoms. The van der Waals surface area contributed by atoms with E-state index in [4.69, 9.17) is 20.8 Å². The molecule has 0 unspecified atom stereocenters. The first-order valence-corrected chi connectivity index (χ1v) is 6.14. The van der Waals surface area contributed by atoms with Crippen LogP contribution in [0.15, 0.2) is 34.9 Å². The van der Waals surface area contributed by atoms with Gasteiger partial charge in [0.15, 0.2) is 0 Å². The van der Waals surface area contributed by atoms with E-state index in [-0.39, 0.29) is 12.3 Å². The number of amides is 1. The second kappa shape index (κ2) is 5.80. The first-order valence-electron chi connectivity index (χ1n) is 5.76. The van der Waals surface area contributed by atoms with Gasteiger partial charge in [-0.25, -0.2) is 0 Å². The molecular weight excluding hydrogens is 266 g/mol. The fourth-order valence-electron chi connectivity index (χ4n) is 1.70. The van der Waals surface area contributed by atoms with Crippen molar-refractivity contribution in [1.82, 2.24) is 0 Å². The zero-order valence-electron chi connectivity index (χ0n) is 10.7. The van der Waals surface area contributed by atoms with E-state index in [2.05, 4.69) is 5.32 Å². The number of carbonyl (C=O) groups is 1. The molecular formula is C14H14ClNO3. The van der Waals surface area contributed by atoms with Crippen LogP contribution in [0.1, 0.15) is 11.3 Å². The third-order valence-corrected chi connectivity index (χ3v) is 3.08. The van der Waals surface area contributed by atoms with Crippen LogP contribution in [0.25, 0.3) is 0 Å². The lowest BCUT2D eigenvalue weighted by Crippen LogP contribution is -2.14. The molecule has 0 atom stereocenters. The minimum Gasteiger partial charge on any atom is -0.495 e. The van der Waals surface area contributed by atoms with Crippen molar-refractivity contribution in [2.24, 2.45) is 0 Å². The summed E-state index contributed by atoms with van der Waals surface area (Å²) < 4.78 is 10.3. The van der Waals surface area contributed by atoms with Gasteiger partial charge in [-0.3, -0.25) is 4.79 Å². The summed E-state index contributed by atoms with van der Waals surface area (Å²) in [5, 5.41) is 3.38. The molecule has 5 heteroatoms. The van der Waals surface area contributed by atoms with Crippen LogP contribution < -0.4 is 10.1 Å². The molecule has 0 aliphatic heterocycles. The third-order valence-electron chi connectivity index (χ3n) is 2.67. The van der Waals surface area contributed by atoms with E-state index in [9.17, 15) is 4.79 Å². The van der Waals surface area contributed by atoms with Gasteiger partial charge in [0, 0.05) is 11.1 Å². The lowest BCUT2D eigenvalue weighted by Gasteiger charge is -2.11. The van der Waals surface area contributed by atoms with Gasteiger partial charge < -0.3 is 14.5 Å². The summed E-state index contributed by atoms with van der Waals surface area (Å²) in [5.74, 6) is 0.973. The van der Waals surface area contributed by atoms with E-state index < -0.39 is 0 Å². The van der Waals surface area contributed by atoms with Crippen LogP contribution in [0.5, 0.6) is 5.75 Å². The number of hydrogen-bond acceptors (Lipinski definition) is 3. The first-order chi connectivity index (χ1) is 9.10. The van der Waals surface area contributed by atoms with Crippen molar-refractivity contribution in [1.29, 1.82) is 0 Å². The molecule has 0 saturated heterocycles. The Kier molecular flexibility index (Phi) is 4.12. The third kappa shape index (κ3) is 3.29. The number of aryl methyl sites for hydroxylation is 1. The first kappa shape index (κ1) is 13.5. The van der Waals surface area contributed by atoms with E-state index in [1.807, 2.05) is 6.92 Å². The maximum absolute atomic E-state index is 11.9. The summed E-state index contributed by atoms with van der Waals surface area (Å²) in [7, 11) is 1.53. The molecule has 1 aromatic carbocycles. The van der Waals surface area contributed by atoms with Gasteiger partial charge in [-0.2, -0.15) is 0 Å². The minimum absolute atomic E-state index is 0.171. The van der Waals surface area contributed by atoms with Gasteiger partial charge in [0.2, 0.25) is 5.91 Å². The quantitative estimate of drug-likeness (QED) is 0.933. The number of rotatable bonds is 4. The van der Waals surface area contributed by atoms with Gasteiger partial charge in [-0.1, -0.05) is 11.6 Å². The Hall–Kier alpha value is -1.94. The van der Waals surface area contributed by atoms with Crippen molar-refractivity contribution in [3.8, 4) is 5.75 Å². The molecule has 0 aliphatic rings. The topological polar surface area (TPSA) is 51.5 Å². The van der Waals surface area contributed by atoms with Crippen molar-refractivity contribution in [2.45, 2.75) is 13.3 Å². The number of carbonyl (C=O) groups excluding carboxylic acids is 1. The highest BCUT2D eigenvalue weighted by atomic mass is 35.5. The Balaban J connectivity index is 2.14. The van der Waals surface area contributed by atoms with Crippen molar-refractivity contribution in [3.63, 3.8) is 0 Å². The fourth-order valence-corrected chi connectivity index (χ4v) is 1.85. The Bertz CT molecular complexity index is 579. The smallest absolute Gasteiger partial charge is 0.232 e. The number of nitrogens with one attached hydrogen (secondary N) is 1. The average molecular weight is 280 g/mol. The van der Waals surface area contributed by atoms with E-state index in [1.165, 1.54) is 13.4 Å². The van der Waals surface area contributed by atoms with Crippen LogP contribution in [0.2, 0.25) is 5.02 Å². The highest BCUT2D eigenvalue weighted by Gasteiger charge is 2.11. The van der Waals surface area contributed by atoms with Crippen LogP contribution >= 0.6 is 11.6 Å². The summed E-state index contributed by atoms with van der Waals surface area (Å²) in [5.41, 5.74) is 1.47. The molecule has 1 amide bonds. The van der Waals surface area contributed by atoms with Gasteiger partial charge in [0.25, 0.3) is 0 Å². The van der Waals surface area contributed by atoms with Crippen LogP contribution in [0.3, 0.4) is 0 Å². The van der Waals surface area contributed by atoms with Gasteiger partial charge in [-0.05, 0) is 30.7 Å². The van der Waals surface area contributed by atoms with E-state index >= 15 is 0 Å². The molecule has 0 aliphatic carbocycles. The molecule has 0 radical (unpaired) electrons. The molecule has 100 valence electrons. The number of halogens is 1. The lowest BCUT2D eigenvalue weighted by atomic mass is 10.2. The standard InChI is InChI=1S/C14H14ClNO3/c1-9-6-12(13(18-2)8-11(9)15)16-14(17)7-10-4-3-5-19-10/h3-6,8H,7H2,1-2H3,(H,16,17). The number of methoxy groups -OCH3 is 1. The SMILES string of the molecule is COc1cc(Cl)c(C)cc1NC(=O)Cc1ccco1. The van der Waals surface area contributed by atoms with Crippen molar-refractivity contribution >= 4 is 23.2 Å². The zero-order valence-corrected chi connectivity index (χ0v) is 11.5. The molecule has 1 aromatic heterocycles. The highest BCUT2D eigenvalue weighted by molar-refractivity contribution is 6.31. The molecule has 0 saturated carbocycles. The summed E-state index contributed by atoms with van der Waals surface area (Å²) >= 11 is 6.01. The predicted octanol–water partition coefficient (Wildman–Crippen LogP) is 3.43. The molecule has 4 nitrogen and oxygen atoms in total. The molecule has 1 N–H and O–H groups in total. The maximum atomic E-state index is 11.9. The summed E-state index contributed by atoms with van der Waals surface area (Å²) in [6.45, 7) is 1.87. The van der Waals surface area contributed by atoms with Crippen LogP contribution in [-0.2, 0) is 11.2 Å². The summed E-state index contributed by atoms with van der Waals surface area (Å²) in [6, 6.07) is 6.96. The molecule has 0 fully saturated rings.